The van der Waals surface area contributed by atoms with E-state index in [0.717, 1.165) is 38.5 Å². The van der Waals surface area contributed by atoms with Crippen molar-refractivity contribution in [3.05, 3.63) is 0 Å². The summed E-state index contributed by atoms with van der Waals surface area (Å²) in [7, 11) is -5.51. The fourth-order valence-electron chi connectivity index (χ4n) is 8.93. The van der Waals surface area contributed by atoms with Crippen LogP contribution in [-0.4, -0.2) is 48.0 Å². The van der Waals surface area contributed by atoms with Crippen LogP contribution in [0.1, 0.15) is 127 Å². The lowest BCUT2D eigenvalue weighted by Gasteiger charge is -2.49. The van der Waals surface area contributed by atoms with E-state index in [1.54, 1.807) is 0 Å². The van der Waals surface area contributed by atoms with E-state index < -0.39 is 25.0 Å². The first-order valence-corrected chi connectivity index (χ1v) is 28.0. The molecule has 0 amide bonds. The number of rotatable bonds is 17. The van der Waals surface area contributed by atoms with Gasteiger partial charge in [-0.25, -0.2) is 0 Å². The summed E-state index contributed by atoms with van der Waals surface area (Å²) < 4.78 is 21.0. The molecule has 0 saturated heterocycles. The first-order chi connectivity index (χ1) is 19.6. The van der Waals surface area contributed by atoms with Crippen molar-refractivity contribution in [2.75, 3.05) is 0 Å². The van der Waals surface area contributed by atoms with E-state index in [2.05, 4.69) is 115 Å². The minimum Gasteiger partial charge on any atom is -0.413 e. The Morgan fingerprint density at radius 3 is 1.93 bits per heavy atom. The Morgan fingerprint density at radius 1 is 0.841 bits per heavy atom. The smallest absolute Gasteiger partial charge is 0.193 e. The van der Waals surface area contributed by atoms with Crippen molar-refractivity contribution in [2.45, 2.75) is 201 Å². The molecule has 0 bridgehead atoms. The van der Waals surface area contributed by atoms with E-state index in [1.165, 1.54) is 25.7 Å². The molecule has 0 heterocycles. The number of fused-ring (bicyclic) bond motifs is 1. The number of Topliss-reactive ketones (excluding diaryl/α,β-unsaturated/α-hetero) is 1. The second-order valence-corrected chi connectivity index (χ2v) is 33.0. The van der Waals surface area contributed by atoms with Crippen molar-refractivity contribution in [3.8, 4) is 0 Å². The lowest BCUT2D eigenvalue weighted by Crippen LogP contribution is -2.55. The fourth-order valence-corrected chi connectivity index (χ4v) is 15.2. The SMILES string of the molecule is CC(C)C(C)(C)[Si](C)(C)OC(CCC(CCCC(C)(C)O[Si](C)(C)C)C1CCC2C(=O)CCC[C@@]21C)C(C)(C)O[Si](C)(C)C. The van der Waals surface area contributed by atoms with Gasteiger partial charge in [0.25, 0.3) is 0 Å². The zero-order chi connectivity index (χ0) is 34.2. The number of hydrogen-bond donors (Lipinski definition) is 0. The van der Waals surface area contributed by atoms with Gasteiger partial charge in [-0.05, 0) is 153 Å². The maximum absolute atomic E-state index is 13.1. The molecule has 7 heteroatoms. The molecule has 4 unspecified atom stereocenters. The van der Waals surface area contributed by atoms with E-state index in [1.807, 2.05) is 0 Å². The van der Waals surface area contributed by atoms with Crippen LogP contribution in [0.15, 0.2) is 0 Å². The number of ketones is 1. The number of hydrogen-bond acceptors (Lipinski definition) is 4. The van der Waals surface area contributed by atoms with Crippen molar-refractivity contribution < 1.29 is 18.1 Å². The maximum atomic E-state index is 13.1. The maximum Gasteiger partial charge on any atom is 0.193 e. The molecule has 44 heavy (non-hydrogen) atoms. The standard InChI is InChI=1S/C37H76O4Si3/c1-28(2)36(7,8)44(16,17)39-33(35(5,6)41-43(13,14)15)25-22-29(20-18-26-34(3,4)40-42(10,11)12)30-23-24-31-32(38)21-19-27-37(30,31)9/h28-31,33H,18-27H2,1-17H3/t29?,30?,31?,33?,37-/m1/s1. The van der Waals surface area contributed by atoms with Crippen molar-refractivity contribution >= 4 is 30.7 Å². The van der Waals surface area contributed by atoms with Crippen LogP contribution in [0.5, 0.6) is 0 Å². The monoisotopic (exact) mass is 669 g/mol. The first-order valence-electron chi connectivity index (χ1n) is 18.2. The molecule has 2 saturated carbocycles. The summed E-state index contributed by atoms with van der Waals surface area (Å²) in [6, 6.07) is 0. The molecule has 0 aromatic carbocycles. The van der Waals surface area contributed by atoms with E-state index >= 15 is 0 Å². The molecule has 4 nitrogen and oxygen atoms in total. The highest BCUT2D eigenvalue weighted by Crippen LogP contribution is 2.58. The molecule has 2 aliphatic carbocycles. The van der Waals surface area contributed by atoms with Crippen LogP contribution in [0.2, 0.25) is 57.4 Å². The Bertz CT molecular complexity index is 943. The van der Waals surface area contributed by atoms with Crippen LogP contribution < -0.4 is 0 Å². The zero-order valence-electron chi connectivity index (χ0n) is 32.6. The van der Waals surface area contributed by atoms with Crippen molar-refractivity contribution in [3.63, 3.8) is 0 Å². The van der Waals surface area contributed by atoms with Gasteiger partial charge in [0.2, 0.25) is 0 Å². The molecular formula is C37H76O4Si3. The second kappa shape index (κ2) is 14.4. The molecule has 2 aliphatic rings. The number of carbonyl (C=O) groups is 1. The molecule has 5 atom stereocenters. The van der Waals surface area contributed by atoms with Gasteiger partial charge in [0.05, 0.1) is 17.3 Å². The lowest BCUT2D eigenvalue weighted by molar-refractivity contribution is -0.130. The van der Waals surface area contributed by atoms with E-state index in [9.17, 15) is 4.79 Å². The molecular weight excluding hydrogens is 593 g/mol. The minimum atomic E-state index is -2.09. The average molecular weight is 669 g/mol. The van der Waals surface area contributed by atoms with Gasteiger partial charge in [-0.1, -0.05) is 47.5 Å². The van der Waals surface area contributed by atoms with Gasteiger partial charge in [0.15, 0.2) is 25.0 Å². The molecule has 0 radical (unpaired) electrons. The Hall–Kier alpha value is 0.201. The predicted molar refractivity (Wildman–Crippen MR) is 198 cm³/mol. The van der Waals surface area contributed by atoms with Crippen molar-refractivity contribution in [1.82, 2.24) is 0 Å². The third kappa shape index (κ3) is 10.6. The average Bonchev–Trinajstić information content (AvgIpc) is 3.14. The molecule has 2 fully saturated rings. The van der Waals surface area contributed by atoms with E-state index in [4.69, 9.17) is 13.3 Å². The Balaban J connectivity index is 2.39. The molecule has 0 aromatic heterocycles. The van der Waals surface area contributed by atoms with Crippen LogP contribution in [0.25, 0.3) is 0 Å². The topological polar surface area (TPSA) is 44.8 Å². The van der Waals surface area contributed by atoms with Crippen molar-refractivity contribution in [1.29, 1.82) is 0 Å². The summed E-state index contributed by atoms with van der Waals surface area (Å²) >= 11 is 0. The Kier molecular flexibility index (Phi) is 13.2. The lowest BCUT2D eigenvalue weighted by atomic mass is 9.61. The summed E-state index contributed by atoms with van der Waals surface area (Å²) in [6.45, 7) is 39.8. The molecule has 0 aromatic rings. The largest absolute Gasteiger partial charge is 0.413 e. The van der Waals surface area contributed by atoms with Crippen LogP contribution >= 0.6 is 0 Å². The highest BCUT2D eigenvalue weighted by molar-refractivity contribution is 6.74. The van der Waals surface area contributed by atoms with Crippen LogP contribution in [0, 0.1) is 29.1 Å². The highest BCUT2D eigenvalue weighted by atomic mass is 28.4. The highest BCUT2D eigenvalue weighted by Gasteiger charge is 2.53. The molecule has 260 valence electrons. The summed E-state index contributed by atoms with van der Waals surface area (Å²) in [6.07, 6.45) is 11.1. The summed E-state index contributed by atoms with van der Waals surface area (Å²) in [5, 5.41) is 0.149. The Labute approximate surface area is 278 Å². The summed E-state index contributed by atoms with van der Waals surface area (Å²) in [5.74, 6) is 2.57. The molecule has 0 aliphatic heterocycles. The fraction of sp³-hybridized carbons (Fsp3) is 0.973. The molecule has 0 N–H and O–H groups in total. The quantitative estimate of drug-likeness (QED) is 0.145. The van der Waals surface area contributed by atoms with Gasteiger partial charge in [0, 0.05) is 12.3 Å². The predicted octanol–water partition coefficient (Wildman–Crippen LogP) is 11.6. The summed E-state index contributed by atoms with van der Waals surface area (Å²) in [4.78, 5) is 13.1. The summed E-state index contributed by atoms with van der Waals surface area (Å²) in [5.41, 5.74) is -0.282. The van der Waals surface area contributed by atoms with Gasteiger partial charge >= 0.3 is 0 Å². The second-order valence-electron chi connectivity index (χ2n) is 19.6. The van der Waals surface area contributed by atoms with Crippen molar-refractivity contribution in [2.24, 2.45) is 29.1 Å². The van der Waals surface area contributed by atoms with Gasteiger partial charge in [-0.3, -0.25) is 4.79 Å². The van der Waals surface area contributed by atoms with Gasteiger partial charge < -0.3 is 13.3 Å². The Morgan fingerprint density at radius 2 is 1.41 bits per heavy atom. The van der Waals surface area contributed by atoms with Crippen LogP contribution in [0.4, 0.5) is 0 Å². The first kappa shape index (κ1) is 40.4. The molecule has 0 spiro atoms. The van der Waals surface area contributed by atoms with E-state index in [0.29, 0.717) is 23.5 Å². The van der Waals surface area contributed by atoms with E-state index in [-0.39, 0.29) is 33.7 Å². The zero-order valence-corrected chi connectivity index (χ0v) is 35.6. The third-order valence-corrected chi connectivity index (χ3v) is 18.9. The van der Waals surface area contributed by atoms with Crippen LogP contribution in [-0.2, 0) is 18.1 Å². The molecule has 2 rings (SSSR count). The number of carbonyl (C=O) groups excluding carboxylic acids is 1. The van der Waals surface area contributed by atoms with Gasteiger partial charge in [-0.15, -0.1) is 0 Å². The van der Waals surface area contributed by atoms with Gasteiger partial charge in [0.1, 0.15) is 5.78 Å². The third-order valence-electron chi connectivity index (χ3n) is 12.0. The minimum absolute atomic E-state index is 0.0566. The van der Waals surface area contributed by atoms with Gasteiger partial charge in [-0.2, -0.15) is 0 Å². The van der Waals surface area contributed by atoms with Crippen LogP contribution in [0.3, 0.4) is 0 Å². The normalized spacial score (nSPS) is 25.8.